The van der Waals surface area contributed by atoms with Crippen LogP contribution >= 0.6 is 11.3 Å². The van der Waals surface area contributed by atoms with E-state index >= 15 is 0 Å². The quantitative estimate of drug-likeness (QED) is 0.148. The third-order valence-corrected chi connectivity index (χ3v) is 14.6. The lowest BCUT2D eigenvalue weighted by molar-refractivity contribution is 1.20. The van der Waals surface area contributed by atoms with Crippen LogP contribution in [0, 0.1) is 0 Å². The van der Waals surface area contributed by atoms with Crippen LogP contribution < -0.4 is 4.90 Å². The lowest BCUT2D eigenvalue weighted by Crippen LogP contribution is -2.09. The largest absolute Gasteiger partial charge is 0.311 e. The van der Waals surface area contributed by atoms with Crippen LogP contribution in [0.25, 0.3) is 103 Å². The van der Waals surface area contributed by atoms with Crippen molar-refractivity contribution >= 4 is 81.1 Å². The van der Waals surface area contributed by atoms with E-state index in [2.05, 4.69) is 264 Å². The van der Waals surface area contributed by atoms with E-state index in [4.69, 9.17) is 0 Å². The van der Waals surface area contributed by atoms with Gasteiger partial charge in [0.1, 0.15) is 0 Å². The fourth-order valence-electron chi connectivity index (χ4n) is 10.1. The molecule has 11 aromatic carbocycles. The molecule has 0 fully saturated rings. The molecule has 13 aromatic rings. The van der Waals surface area contributed by atoms with Gasteiger partial charge in [0, 0.05) is 53.4 Å². The second-order valence-electron chi connectivity index (χ2n) is 17.3. The number of rotatable bonds is 8. The summed E-state index contributed by atoms with van der Waals surface area (Å²) in [4.78, 5) is 2.37. The van der Waals surface area contributed by atoms with E-state index in [0.29, 0.717) is 0 Å². The summed E-state index contributed by atoms with van der Waals surface area (Å²) in [6.45, 7) is 0. The molecular formula is C64H42N2S. The summed E-state index contributed by atoms with van der Waals surface area (Å²) in [7, 11) is 0. The zero-order valence-corrected chi connectivity index (χ0v) is 37.4. The highest BCUT2D eigenvalue weighted by atomic mass is 32.1. The third-order valence-electron chi connectivity index (χ3n) is 13.4. The van der Waals surface area contributed by atoms with Gasteiger partial charge in [-0.1, -0.05) is 176 Å². The first-order chi connectivity index (χ1) is 33.2. The van der Waals surface area contributed by atoms with E-state index in [1.807, 2.05) is 11.3 Å². The van der Waals surface area contributed by atoms with E-state index in [1.54, 1.807) is 0 Å². The Hall–Kier alpha value is -8.50. The average Bonchev–Trinajstić information content (AvgIpc) is 3.94. The van der Waals surface area contributed by atoms with Crippen LogP contribution in [0.2, 0.25) is 0 Å². The Bertz CT molecular complexity index is 3930. The molecule has 0 bridgehead atoms. The monoisotopic (exact) mass is 870 g/mol. The first-order valence-electron chi connectivity index (χ1n) is 22.9. The van der Waals surface area contributed by atoms with Gasteiger partial charge in [0.15, 0.2) is 0 Å². The summed E-state index contributed by atoms with van der Waals surface area (Å²) in [6.07, 6.45) is 0. The summed E-state index contributed by atoms with van der Waals surface area (Å²) < 4.78 is 5.07. The van der Waals surface area contributed by atoms with E-state index in [1.165, 1.54) is 103 Å². The normalized spacial score (nSPS) is 11.6. The van der Waals surface area contributed by atoms with Gasteiger partial charge in [0.05, 0.1) is 16.7 Å². The Morgan fingerprint density at radius 2 is 0.701 bits per heavy atom. The zero-order valence-electron chi connectivity index (χ0n) is 36.6. The number of hydrogen-bond acceptors (Lipinski definition) is 2. The number of anilines is 3. The molecule has 2 nitrogen and oxygen atoms in total. The van der Waals surface area contributed by atoms with Gasteiger partial charge in [-0.3, -0.25) is 0 Å². The molecule has 0 aliphatic carbocycles. The Kier molecular flexibility index (Phi) is 9.40. The van der Waals surface area contributed by atoms with Gasteiger partial charge in [-0.05, 0) is 129 Å². The molecule has 3 heteroatoms. The maximum Gasteiger partial charge on any atom is 0.0541 e. The molecule has 0 aliphatic rings. The summed E-state index contributed by atoms with van der Waals surface area (Å²) in [5.41, 5.74) is 16.5. The van der Waals surface area contributed by atoms with Crippen molar-refractivity contribution in [2.45, 2.75) is 0 Å². The Morgan fingerprint density at radius 3 is 1.36 bits per heavy atom. The molecule has 314 valence electrons. The van der Waals surface area contributed by atoms with E-state index in [9.17, 15) is 0 Å². The van der Waals surface area contributed by atoms with Crippen molar-refractivity contribution in [2.24, 2.45) is 0 Å². The van der Waals surface area contributed by atoms with Gasteiger partial charge < -0.3 is 9.47 Å². The highest BCUT2D eigenvalue weighted by Crippen LogP contribution is 2.41. The van der Waals surface area contributed by atoms with Gasteiger partial charge in [-0.25, -0.2) is 0 Å². The first-order valence-corrected chi connectivity index (χ1v) is 23.7. The summed E-state index contributed by atoms with van der Waals surface area (Å²) in [6, 6.07) is 93.1. The number of hydrogen-bond donors (Lipinski definition) is 0. The average molecular weight is 871 g/mol. The number of nitrogens with zero attached hydrogens (tertiary/aromatic N) is 2. The summed E-state index contributed by atoms with van der Waals surface area (Å²) in [5, 5.41) is 7.60. The van der Waals surface area contributed by atoms with Crippen LogP contribution in [0.5, 0.6) is 0 Å². The molecule has 0 N–H and O–H groups in total. The van der Waals surface area contributed by atoms with Crippen molar-refractivity contribution < 1.29 is 0 Å². The fourth-order valence-corrected chi connectivity index (χ4v) is 11.1. The molecule has 0 saturated carbocycles. The van der Waals surface area contributed by atoms with Crippen LogP contribution in [-0.2, 0) is 0 Å². The minimum absolute atomic E-state index is 1.09. The maximum absolute atomic E-state index is 2.43. The highest BCUT2D eigenvalue weighted by molar-refractivity contribution is 7.25. The van der Waals surface area contributed by atoms with Crippen molar-refractivity contribution in [3.8, 4) is 50.2 Å². The van der Waals surface area contributed by atoms with Crippen LogP contribution in [0.15, 0.2) is 255 Å². The molecule has 0 unspecified atom stereocenters. The van der Waals surface area contributed by atoms with Crippen LogP contribution in [0.1, 0.15) is 0 Å². The fraction of sp³-hybridized carbons (Fsp3) is 0. The van der Waals surface area contributed by atoms with Gasteiger partial charge in [-0.2, -0.15) is 0 Å². The van der Waals surface area contributed by atoms with Gasteiger partial charge >= 0.3 is 0 Å². The number of para-hydroxylation sites is 1. The number of benzene rings is 11. The number of aromatic nitrogens is 1. The molecule has 2 heterocycles. The lowest BCUT2D eigenvalue weighted by Gasteiger charge is -2.26. The molecular weight excluding hydrogens is 829 g/mol. The third kappa shape index (κ3) is 6.88. The smallest absolute Gasteiger partial charge is 0.0541 e. The zero-order chi connectivity index (χ0) is 44.3. The standard InChI is InChI=1S/C64H42N2S/c1-2-11-43(12-3-1)44-21-23-45(24-22-44)46-25-33-52(34-26-46)65(54-37-29-48(30-38-54)51-32-40-64-59(42-51)57-17-7-9-20-63(57)67-64)53-35-27-47(28-36-53)50-31-39-62-58(41-50)56-16-6-8-18-61(56)66(62)60-19-10-14-49-13-4-5-15-55(49)60/h1-42H. The molecule has 13 rings (SSSR count). The molecule has 0 atom stereocenters. The Balaban J connectivity index is 0.868. The van der Waals surface area contributed by atoms with Crippen LogP contribution in [0.4, 0.5) is 17.1 Å². The SMILES string of the molecule is c1ccc(-c2ccc(-c3ccc(N(c4ccc(-c5ccc6sc7ccccc7c6c5)cc4)c4ccc(-c5ccc6c(c5)c5ccccc5n6-c5cccc6ccccc56)cc4)cc3)cc2)cc1. The topological polar surface area (TPSA) is 8.17 Å². The first kappa shape index (κ1) is 38.9. The highest BCUT2D eigenvalue weighted by Gasteiger charge is 2.17. The van der Waals surface area contributed by atoms with Crippen LogP contribution in [0.3, 0.4) is 0 Å². The maximum atomic E-state index is 2.43. The van der Waals surface area contributed by atoms with Crippen molar-refractivity contribution in [1.29, 1.82) is 0 Å². The minimum Gasteiger partial charge on any atom is -0.311 e. The van der Waals surface area contributed by atoms with Crippen LogP contribution in [-0.4, -0.2) is 4.57 Å². The second kappa shape index (κ2) is 16.2. The van der Waals surface area contributed by atoms with Gasteiger partial charge in [-0.15, -0.1) is 11.3 Å². The van der Waals surface area contributed by atoms with Gasteiger partial charge in [0.25, 0.3) is 0 Å². The molecule has 2 aromatic heterocycles. The molecule has 0 spiro atoms. The van der Waals surface area contributed by atoms with Crippen molar-refractivity contribution in [2.75, 3.05) is 4.90 Å². The number of fused-ring (bicyclic) bond motifs is 7. The van der Waals surface area contributed by atoms with E-state index in [-0.39, 0.29) is 0 Å². The van der Waals surface area contributed by atoms with E-state index < -0.39 is 0 Å². The minimum atomic E-state index is 1.09. The van der Waals surface area contributed by atoms with Crippen molar-refractivity contribution in [3.63, 3.8) is 0 Å². The van der Waals surface area contributed by atoms with Crippen molar-refractivity contribution in [1.82, 2.24) is 4.57 Å². The summed E-state index contributed by atoms with van der Waals surface area (Å²) >= 11 is 1.86. The summed E-state index contributed by atoms with van der Waals surface area (Å²) in [5.74, 6) is 0. The second-order valence-corrected chi connectivity index (χ2v) is 18.4. The predicted octanol–water partition coefficient (Wildman–Crippen LogP) is 18.4. The molecule has 0 saturated heterocycles. The predicted molar refractivity (Wildman–Crippen MR) is 288 cm³/mol. The Labute approximate surface area is 393 Å². The molecule has 0 radical (unpaired) electrons. The molecule has 0 amide bonds. The van der Waals surface area contributed by atoms with Gasteiger partial charge in [0.2, 0.25) is 0 Å². The molecule has 67 heavy (non-hydrogen) atoms. The number of thiophene rings is 1. The lowest BCUT2D eigenvalue weighted by atomic mass is 9.99. The van der Waals surface area contributed by atoms with Crippen molar-refractivity contribution in [3.05, 3.63) is 255 Å². The Morgan fingerprint density at radius 1 is 0.269 bits per heavy atom. The van der Waals surface area contributed by atoms with E-state index in [0.717, 1.165) is 17.1 Å². The molecule has 0 aliphatic heterocycles.